The SMILES string of the molecule is O=C(COc1ccc(C23CC4CC(CC(C4)C2)C3)cc1)N1CCOCC1. The van der Waals surface area contributed by atoms with E-state index < -0.39 is 0 Å². The summed E-state index contributed by atoms with van der Waals surface area (Å²) in [4.78, 5) is 14.0. The maximum Gasteiger partial charge on any atom is 0.260 e. The summed E-state index contributed by atoms with van der Waals surface area (Å²) in [6.45, 7) is 2.73. The number of rotatable bonds is 4. The Labute approximate surface area is 155 Å². The van der Waals surface area contributed by atoms with Gasteiger partial charge < -0.3 is 14.4 Å². The summed E-state index contributed by atoms with van der Waals surface area (Å²) in [6.07, 6.45) is 8.58. The molecule has 4 saturated carbocycles. The molecular formula is C22H29NO3. The van der Waals surface area contributed by atoms with Crippen LogP contribution in [0, 0.1) is 17.8 Å². The molecule has 0 radical (unpaired) electrons. The average Bonchev–Trinajstić information content (AvgIpc) is 2.66. The molecule has 1 amide bonds. The quantitative estimate of drug-likeness (QED) is 0.831. The van der Waals surface area contributed by atoms with Gasteiger partial charge in [-0.1, -0.05) is 12.1 Å². The average molecular weight is 355 g/mol. The lowest BCUT2D eigenvalue weighted by atomic mass is 9.48. The summed E-state index contributed by atoms with van der Waals surface area (Å²) >= 11 is 0. The van der Waals surface area contributed by atoms with Crippen LogP contribution in [-0.4, -0.2) is 43.7 Å². The van der Waals surface area contributed by atoms with Gasteiger partial charge in [-0.2, -0.15) is 0 Å². The Kier molecular flexibility index (Phi) is 4.19. The molecule has 4 heteroatoms. The number of hydrogen-bond donors (Lipinski definition) is 0. The minimum atomic E-state index is 0.0541. The van der Waals surface area contributed by atoms with Crippen molar-refractivity contribution < 1.29 is 14.3 Å². The Balaban J connectivity index is 1.23. The Morgan fingerprint density at radius 3 is 2.15 bits per heavy atom. The number of amides is 1. The van der Waals surface area contributed by atoms with E-state index in [4.69, 9.17) is 9.47 Å². The summed E-state index contributed by atoms with van der Waals surface area (Å²) in [7, 11) is 0. The van der Waals surface area contributed by atoms with Gasteiger partial charge in [0.2, 0.25) is 0 Å². The molecule has 0 unspecified atom stereocenters. The first-order valence-electron chi connectivity index (χ1n) is 10.3. The van der Waals surface area contributed by atoms with Crippen LogP contribution in [-0.2, 0) is 14.9 Å². The van der Waals surface area contributed by atoms with Crippen LogP contribution in [0.25, 0.3) is 0 Å². The van der Waals surface area contributed by atoms with Crippen LogP contribution in [0.15, 0.2) is 24.3 Å². The second-order valence-corrected chi connectivity index (χ2v) is 9.00. The third kappa shape index (κ3) is 3.02. The standard InChI is InChI=1S/C22H29NO3/c24-21(23-5-7-25-8-6-23)15-26-20-3-1-19(2-4-20)22-12-16-9-17(13-22)11-18(10-16)14-22/h1-4,16-18H,5-15H2. The number of hydrogen-bond acceptors (Lipinski definition) is 3. The van der Waals surface area contributed by atoms with E-state index >= 15 is 0 Å². The van der Waals surface area contributed by atoms with Crippen LogP contribution in [0.3, 0.4) is 0 Å². The van der Waals surface area contributed by atoms with Gasteiger partial charge in [-0.15, -0.1) is 0 Å². The fourth-order valence-corrected chi connectivity index (χ4v) is 6.42. The molecule has 5 fully saturated rings. The maximum absolute atomic E-state index is 12.2. The van der Waals surface area contributed by atoms with Crippen LogP contribution in [0.4, 0.5) is 0 Å². The summed E-state index contributed by atoms with van der Waals surface area (Å²) in [5.41, 5.74) is 1.93. The molecule has 26 heavy (non-hydrogen) atoms. The molecule has 0 atom stereocenters. The van der Waals surface area contributed by atoms with Gasteiger partial charge in [-0.05, 0) is 79.4 Å². The molecule has 4 nitrogen and oxygen atoms in total. The first-order chi connectivity index (χ1) is 12.7. The zero-order valence-electron chi connectivity index (χ0n) is 15.5. The molecule has 0 spiro atoms. The highest BCUT2D eigenvalue weighted by Gasteiger charge is 2.51. The number of nitrogens with zero attached hydrogens (tertiary/aromatic N) is 1. The normalized spacial score (nSPS) is 35.5. The molecule has 1 aromatic carbocycles. The predicted octanol–water partition coefficient (Wildman–Crippen LogP) is 3.39. The second kappa shape index (κ2) is 6.56. The van der Waals surface area contributed by atoms with Gasteiger partial charge in [0.25, 0.3) is 5.91 Å². The smallest absolute Gasteiger partial charge is 0.260 e. The van der Waals surface area contributed by atoms with Gasteiger partial charge in [-0.25, -0.2) is 0 Å². The molecular weight excluding hydrogens is 326 g/mol. The van der Waals surface area contributed by atoms with E-state index in [1.807, 2.05) is 4.90 Å². The topological polar surface area (TPSA) is 38.8 Å². The van der Waals surface area contributed by atoms with E-state index in [9.17, 15) is 4.79 Å². The zero-order valence-corrected chi connectivity index (χ0v) is 15.5. The third-order valence-corrected chi connectivity index (χ3v) is 7.23. The van der Waals surface area contributed by atoms with Crippen LogP contribution in [0.5, 0.6) is 5.75 Å². The highest BCUT2D eigenvalue weighted by atomic mass is 16.5. The van der Waals surface area contributed by atoms with Crippen molar-refractivity contribution in [2.45, 2.75) is 43.9 Å². The summed E-state index contributed by atoms with van der Waals surface area (Å²) < 4.78 is 11.1. The summed E-state index contributed by atoms with van der Waals surface area (Å²) in [6, 6.07) is 8.67. The van der Waals surface area contributed by atoms with Gasteiger partial charge in [0.15, 0.2) is 6.61 Å². The van der Waals surface area contributed by atoms with E-state index in [0.29, 0.717) is 31.7 Å². The van der Waals surface area contributed by atoms with E-state index in [1.54, 1.807) is 0 Å². The molecule has 1 saturated heterocycles. The molecule has 1 aliphatic heterocycles. The van der Waals surface area contributed by atoms with E-state index in [1.165, 1.54) is 44.1 Å². The van der Waals surface area contributed by atoms with Crippen LogP contribution < -0.4 is 4.74 Å². The number of benzene rings is 1. The summed E-state index contributed by atoms with van der Waals surface area (Å²) in [5.74, 6) is 3.74. The largest absolute Gasteiger partial charge is 0.484 e. The minimum absolute atomic E-state index is 0.0541. The van der Waals surface area contributed by atoms with Crippen molar-refractivity contribution >= 4 is 5.91 Å². The van der Waals surface area contributed by atoms with Crippen LogP contribution >= 0.6 is 0 Å². The number of carbonyl (C=O) groups is 1. The molecule has 6 rings (SSSR count). The first kappa shape index (κ1) is 16.6. The van der Waals surface area contributed by atoms with Crippen LogP contribution in [0.1, 0.15) is 44.1 Å². The van der Waals surface area contributed by atoms with E-state index in [0.717, 1.165) is 23.5 Å². The Morgan fingerprint density at radius 1 is 1.00 bits per heavy atom. The van der Waals surface area contributed by atoms with Gasteiger partial charge in [0, 0.05) is 13.1 Å². The maximum atomic E-state index is 12.2. The summed E-state index contributed by atoms with van der Waals surface area (Å²) in [5, 5.41) is 0. The fourth-order valence-electron chi connectivity index (χ4n) is 6.42. The van der Waals surface area contributed by atoms with E-state index in [2.05, 4.69) is 24.3 Å². The molecule has 4 aliphatic carbocycles. The Hall–Kier alpha value is -1.55. The second-order valence-electron chi connectivity index (χ2n) is 9.00. The number of carbonyl (C=O) groups excluding carboxylic acids is 1. The fraction of sp³-hybridized carbons (Fsp3) is 0.682. The molecule has 140 valence electrons. The number of morpholine rings is 1. The minimum Gasteiger partial charge on any atom is -0.484 e. The lowest BCUT2D eigenvalue weighted by molar-refractivity contribution is -0.137. The predicted molar refractivity (Wildman–Crippen MR) is 99.2 cm³/mol. The zero-order chi connectivity index (χ0) is 17.6. The first-order valence-corrected chi connectivity index (χ1v) is 10.3. The van der Waals surface area contributed by atoms with Crippen molar-refractivity contribution in [3.63, 3.8) is 0 Å². The highest BCUT2D eigenvalue weighted by molar-refractivity contribution is 5.77. The lowest BCUT2D eigenvalue weighted by Crippen LogP contribution is -2.48. The van der Waals surface area contributed by atoms with Crippen molar-refractivity contribution in [2.24, 2.45) is 17.8 Å². The monoisotopic (exact) mass is 355 g/mol. The highest BCUT2D eigenvalue weighted by Crippen LogP contribution is 2.60. The van der Waals surface area contributed by atoms with Gasteiger partial charge in [0.1, 0.15) is 5.75 Å². The molecule has 1 aromatic rings. The Morgan fingerprint density at radius 2 is 1.58 bits per heavy atom. The lowest BCUT2D eigenvalue weighted by Gasteiger charge is -2.57. The third-order valence-electron chi connectivity index (χ3n) is 7.23. The van der Waals surface area contributed by atoms with Gasteiger partial charge in [-0.3, -0.25) is 4.79 Å². The molecule has 0 N–H and O–H groups in total. The van der Waals surface area contributed by atoms with Crippen LogP contribution in [0.2, 0.25) is 0 Å². The molecule has 0 aromatic heterocycles. The van der Waals surface area contributed by atoms with Crippen molar-refractivity contribution in [1.29, 1.82) is 0 Å². The van der Waals surface area contributed by atoms with Crippen molar-refractivity contribution in [2.75, 3.05) is 32.9 Å². The van der Waals surface area contributed by atoms with E-state index in [-0.39, 0.29) is 12.5 Å². The molecule has 5 aliphatic rings. The van der Waals surface area contributed by atoms with Crippen molar-refractivity contribution in [3.8, 4) is 5.75 Å². The Bertz CT molecular complexity index is 627. The van der Waals surface area contributed by atoms with Gasteiger partial charge >= 0.3 is 0 Å². The molecule has 4 bridgehead atoms. The molecule has 1 heterocycles. The number of ether oxygens (including phenoxy) is 2. The van der Waals surface area contributed by atoms with Gasteiger partial charge in [0.05, 0.1) is 13.2 Å². The van der Waals surface area contributed by atoms with Crippen molar-refractivity contribution in [3.05, 3.63) is 29.8 Å². The van der Waals surface area contributed by atoms with Crippen molar-refractivity contribution in [1.82, 2.24) is 4.90 Å².